The normalized spacial score (nSPS) is 27.0. The van der Waals surface area contributed by atoms with Crippen molar-refractivity contribution in [1.29, 1.82) is 0 Å². The number of hydrogen-bond donors (Lipinski definition) is 1. The molecule has 2 rings (SSSR count). The molecule has 2 N–H and O–H groups in total. The summed E-state index contributed by atoms with van der Waals surface area (Å²) in [5.41, 5.74) is 6.11. The predicted molar refractivity (Wildman–Crippen MR) is 82.9 cm³/mol. The average Bonchev–Trinajstić information content (AvgIpc) is 2.48. The first-order chi connectivity index (χ1) is 9.69. The molecule has 2 fully saturated rings. The molecule has 2 saturated heterocycles. The third-order valence-electron chi connectivity index (χ3n) is 4.54. The van der Waals surface area contributed by atoms with Crippen LogP contribution < -0.4 is 5.73 Å². The molecule has 20 heavy (non-hydrogen) atoms. The van der Waals surface area contributed by atoms with Gasteiger partial charge in [-0.3, -0.25) is 4.99 Å². The molecule has 0 amide bonds. The van der Waals surface area contributed by atoms with Crippen molar-refractivity contribution in [1.82, 2.24) is 9.80 Å². The number of likely N-dealkylation sites (tertiary alicyclic amines) is 2. The Hall–Kier alpha value is -0.810. The van der Waals surface area contributed by atoms with Crippen molar-refractivity contribution in [2.24, 2.45) is 16.6 Å². The number of methoxy groups -OCH3 is 1. The number of hydrogen-bond acceptors (Lipinski definition) is 3. The van der Waals surface area contributed by atoms with Crippen LogP contribution in [0.3, 0.4) is 0 Å². The van der Waals surface area contributed by atoms with Crippen LogP contribution in [0.15, 0.2) is 4.99 Å². The highest BCUT2D eigenvalue weighted by Crippen LogP contribution is 2.15. The topological polar surface area (TPSA) is 54.1 Å². The number of guanidine groups is 1. The highest BCUT2D eigenvalue weighted by atomic mass is 16.5. The van der Waals surface area contributed by atoms with Crippen LogP contribution in [0, 0.1) is 5.92 Å². The zero-order valence-electron chi connectivity index (χ0n) is 13.1. The van der Waals surface area contributed by atoms with E-state index in [0.29, 0.717) is 6.10 Å². The third kappa shape index (κ3) is 4.63. The fourth-order valence-electron chi connectivity index (χ4n) is 3.17. The predicted octanol–water partition coefficient (Wildman–Crippen LogP) is 1.14. The number of nitrogens with zero attached hydrogens (tertiary/aromatic N) is 3. The van der Waals surface area contributed by atoms with Crippen LogP contribution in [0.5, 0.6) is 0 Å². The monoisotopic (exact) mass is 282 g/mol. The molecule has 0 spiro atoms. The van der Waals surface area contributed by atoms with E-state index in [1.54, 1.807) is 0 Å². The highest BCUT2D eigenvalue weighted by Gasteiger charge is 2.19. The molecule has 0 radical (unpaired) electrons. The van der Waals surface area contributed by atoms with Gasteiger partial charge in [-0.15, -0.1) is 0 Å². The molecule has 0 saturated carbocycles. The Kier molecular flexibility index (Phi) is 6.10. The van der Waals surface area contributed by atoms with Crippen LogP contribution in [0.2, 0.25) is 0 Å². The molecule has 1 atom stereocenters. The highest BCUT2D eigenvalue weighted by molar-refractivity contribution is 5.78. The second-order valence-electron chi connectivity index (χ2n) is 6.21. The molecule has 5 nitrogen and oxygen atoms in total. The molecule has 0 aromatic carbocycles. The minimum absolute atomic E-state index is 0.453. The first-order valence-electron chi connectivity index (χ1n) is 7.99. The molecule has 0 aromatic heterocycles. The largest absolute Gasteiger partial charge is 0.381 e. The van der Waals surface area contributed by atoms with Crippen LogP contribution in [-0.4, -0.2) is 68.2 Å². The number of ether oxygens (including phenoxy) is 1. The minimum atomic E-state index is 0.453. The van der Waals surface area contributed by atoms with Gasteiger partial charge < -0.3 is 20.3 Å². The van der Waals surface area contributed by atoms with Gasteiger partial charge in [0.05, 0.1) is 12.6 Å². The van der Waals surface area contributed by atoms with Crippen molar-refractivity contribution >= 4 is 5.96 Å². The lowest BCUT2D eigenvalue weighted by molar-refractivity contribution is 0.0421. The molecule has 0 aromatic rings. The zero-order chi connectivity index (χ0) is 14.4. The number of piperidine rings is 2. The van der Waals surface area contributed by atoms with Gasteiger partial charge in [-0.25, -0.2) is 0 Å². The molecule has 116 valence electrons. The molecule has 2 heterocycles. The van der Waals surface area contributed by atoms with E-state index >= 15 is 0 Å². The molecule has 2 aliphatic rings. The maximum atomic E-state index is 6.11. The zero-order valence-corrected chi connectivity index (χ0v) is 13.1. The number of nitrogens with two attached hydrogens (primary N) is 1. The van der Waals surface area contributed by atoms with E-state index in [4.69, 9.17) is 10.5 Å². The van der Waals surface area contributed by atoms with Crippen molar-refractivity contribution in [2.75, 3.05) is 46.4 Å². The van der Waals surface area contributed by atoms with Crippen LogP contribution in [0.4, 0.5) is 0 Å². The Balaban J connectivity index is 1.67. The lowest BCUT2D eigenvalue weighted by Gasteiger charge is -2.32. The van der Waals surface area contributed by atoms with Gasteiger partial charge in [-0.05, 0) is 31.6 Å². The first-order valence-corrected chi connectivity index (χ1v) is 7.99. The van der Waals surface area contributed by atoms with E-state index in [1.165, 1.54) is 12.8 Å². The van der Waals surface area contributed by atoms with Crippen molar-refractivity contribution in [2.45, 2.75) is 38.7 Å². The van der Waals surface area contributed by atoms with Crippen molar-refractivity contribution in [3.63, 3.8) is 0 Å². The summed E-state index contributed by atoms with van der Waals surface area (Å²) in [6, 6.07) is 0. The summed E-state index contributed by atoms with van der Waals surface area (Å²) in [5, 5.41) is 0. The molecule has 0 unspecified atom stereocenters. The Bertz CT molecular complexity index is 313. The second-order valence-corrected chi connectivity index (χ2v) is 6.21. The molecule has 2 aliphatic heterocycles. The summed E-state index contributed by atoms with van der Waals surface area (Å²) < 4.78 is 5.39. The summed E-state index contributed by atoms with van der Waals surface area (Å²) in [5.74, 6) is 1.48. The van der Waals surface area contributed by atoms with Gasteiger partial charge in [-0.2, -0.15) is 0 Å². The van der Waals surface area contributed by atoms with Gasteiger partial charge in [0.25, 0.3) is 0 Å². The number of rotatable bonds is 4. The van der Waals surface area contributed by atoms with E-state index in [2.05, 4.69) is 21.7 Å². The quantitative estimate of drug-likeness (QED) is 0.621. The van der Waals surface area contributed by atoms with Crippen LogP contribution >= 0.6 is 0 Å². The Labute approximate surface area is 123 Å². The SMILES string of the molecule is COC1CCN(CCN=C(N)N2CCC[C@H](C)C2)CC1. The van der Waals surface area contributed by atoms with E-state index in [-0.39, 0.29) is 0 Å². The van der Waals surface area contributed by atoms with Crippen LogP contribution in [-0.2, 0) is 4.74 Å². The number of aliphatic imine (C=N–C) groups is 1. The van der Waals surface area contributed by atoms with Gasteiger partial charge >= 0.3 is 0 Å². The van der Waals surface area contributed by atoms with Crippen LogP contribution in [0.25, 0.3) is 0 Å². The van der Waals surface area contributed by atoms with Gasteiger partial charge in [0.2, 0.25) is 0 Å². The van der Waals surface area contributed by atoms with Gasteiger partial charge in [-0.1, -0.05) is 6.92 Å². The lowest BCUT2D eigenvalue weighted by atomic mass is 10.0. The third-order valence-corrected chi connectivity index (χ3v) is 4.54. The Morgan fingerprint density at radius 3 is 2.65 bits per heavy atom. The fourth-order valence-corrected chi connectivity index (χ4v) is 3.17. The summed E-state index contributed by atoms with van der Waals surface area (Å²) in [4.78, 5) is 9.27. The first kappa shape index (κ1) is 15.6. The van der Waals surface area contributed by atoms with Gasteiger partial charge in [0, 0.05) is 39.8 Å². The van der Waals surface area contributed by atoms with E-state index in [1.807, 2.05) is 7.11 Å². The second kappa shape index (κ2) is 7.84. The Morgan fingerprint density at radius 2 is 2.00 bits per heavy atom. The van der Waals surface area contributed by atoms with Crippen molar-refractivity contribution in [3.05, 3.63) is 0 Å². The smallest absolute Gasteiger partial charge is 0.191 e. The van der Waals surface area contributed by atoms with Gasteiger partial charge in [0.1, 0.15) is 0 Å². The van der Waals surface area contributed by atoms with Crippen molar-refractivity contribution < 1.29 is 4.74 Å². The molecule has 0 bridgehead atoms. The van der Waals surface area contributed by atoms with Crippen LogP contribution in [0.1, 0.15) is 32.6 Å². The standard InChI is InChI=1S/C15H30N4O/c1-13-4-3-8-19(12-13)15(16)17-7-11-18-9-5-14(20-2)6-10-18/h13-14H,3-12H2,1-2H3,(H2,16,17)/t13-/m0/s1. The van der Waals surface area contributed by atoms with E-state index in [0.717, 1.165) is 64.0 Å². The van der Waals surface area contributed by atoms with Crippen molar-refractivity contribution in [3.8, 4) is 0 Å². The van der Waals surface area contributed by atoms with E-state index in [9.17, 15) is 0 Å². The molecular formula is C15H30N4O. The fraction of sp³-hybridized carbons (Fsp3) is 0.933. The minimum Gasteiger partial charge on any atom is -0.381 e. The summed E-state index contributed by atoms with van der Waals surface area (Å²) in [6.07, 6.45) is 5.29. The molecule has 0 aliphatic carbocycles. The van der Waals surface area contributed by atoms with E-state index < -0.39 is 0 Å². The lowest BCUT2D eigenvalue weighted by Crippen LogP contribution is -2.44. The molecule has 5 heteroatoms. The van der Waals surface area contributed by atoms with Gasteiger partial charge in [0.15, 0.2) is 5.96 Å². The summed E-state index contributed by atoms with van der Waals surface area (Å²) in [6.45, 7) is 8.49. The summed E-state index contributed by atoms with van der Waals surface area (Å²) in [7, 11) is 1.81. The summed E-state index contributed by atoms with van der Waals surface area (Å²) >= 11 is 0. The Morgan fingerprint density at radius 1 is 1.25 bits per heavy atom. The molecular weight excluding hydrogens is 252 g/mol. The average molecular weight is 282 g/mol. The maximum absolute atomic E-state index is 6.11. The maximum Gasteiger partial charge on any atom is 0.191 e.